The predicted octanol–water partition coefficient (Wildman–Crippen LogP) is 1.46. The van der Waals surface area contributed by atoms with Gasteiger partial charge in [-0.25, -0.2) is 0 Å². The maximum absolute atomic E-state index is 11.5. The van der Waals surface area contributed by atoms with Crippen LogP contribution in [0.4, 0.5) is 5.69 Å². The second kappa shape index (κ2) is 5.40. The van der Waals surface area contributed by atoms with E-state index in [2.05, 4.69) is 0 Å². The Hall–Kier alpha value is -1.88. The highest BCUT2D eigenvalue weighted by Gasteiger charge is 2.23. The van der Waals surface area contributed by atoms with Gasteiger partial charge >= 0.3 is 5.97 Å². The van der Waals surface area contributed by atoms with Crippen molar-refractivity contribution < 1.29 is 14.7 Å². The molecule has 0 saturated heterocycles. The Bertz CT molecular complexity index is 513. The van der Waals surface area contributed by atoms with Gasteiger partial charge in [-0.3, -0.25) is 9.59 Å². The Morgan fingerprint density at radius 3 is 2.84 bits per heavy atom. The molecule has 102 valence electrons. The van der Waals surface area contributed by atoms with E-state index in [1.54, 1.807) is 11.8 Å². The molecule has 0 radical (unpaired) electrons. The fourth-order valence-electron chi connectivity index (χ4n) is 2.40. The van der Waals surface area contributed by atoms with E-state index in [0.717, 1.165) is 23.2 Å². The van der Waals surface area contributed by atoms with Gasteiger partial charge in [0, 0.05) is 31.6 Å². The summed E-state index contributed by atoms with van der Waals surface area (Å²) in [5.74, 6) is -0.822. The average molecular weight is 262 g/mol. The van der Waals surface area contributed by atoms with Crippen molar-refractivity contribution in [3.05, 3.63) is 29.3 Å². The molecule has 0 aromatic heterocycles. The topological polar surface area (TPSA) is 83.6 Å². The van der Waals surface area contributed by atoms with Crippen LogP contribution in [0.5, 0.6) is 0 Å². The molecule has 1 aliphatic heterocycles. The number of carbonyl (C=O) groups is 2. The molecule has 1 aromatic rings. The monoisotopic (exact) mass is 262 g/mol. The van der Waals surface area contributed by atoms with E-state index < -0.39 is 5.97 Å². The number of carbonyl (C=O) groups excluding carboxylic acids is 1. The number of rotatable bonds is 4. The Kier molecular flexibility index (Phi) is 3.85. The number of nitrogens with zero attached hydrogens (tertiary/aromatic N) is 1. The lowest BCUT2D eigenvalue weighted by Crippen LogP contribution is -2.26. The third-order valence-electron chi connectivity index (χ3n) is 3.48. The van der Waals surface area contributed by atoms with Crippen molar-refractivity contribution in [3.63, 3.8) is 0 Å². The molecule has 0 bridgehead atoms. The van der Waals surface area contributed by atoms with E-state index in [4.69, 9.17) is 10.8 Å². The highest BCUT2D eigenvalue weighted by molar-refractivity contribution is 5.93. The maximum Gasteiger partial charge on any atom is 0.303 e. The van der Waals surface area contributed by atoms with Gasteiger partial charge in [-0.05, 0) is 30.0 Å². The molecule has 0 saturated carbocycles. The van der Waals surface area contributed by atoms with Gasteiger partial charge in [-0.2, -0.15) is 0 Å². The Morgan fingerprint density at radius 2 is 2.21 bits per heavy atom. The first kappa shape index (κ1) is 13.5. The number of fused-ring (bicyclic) bond motifs is 1. The second-order valence-electron chi connectivity index (χ2n) is 4.85. The van der Waals surface area contributed by atoms with Crippen LogP contribution in [0.15, 0.2) is 18.2 Å². The first-order valence-corrected chi connectivity index (χ1v) is 6.37. The lowest BCUT2D eigenvalue weighted by atomic mass is 10.00. The maximum atomic E-state index is 11.5. The quantitative estimate of drug-likeness (QED) is 0.860. The van der Waals surface area contributed by atoms with Gasteiger partial charge in [0.15, 0.2) is 0 Å². The Labute approximate surface area is 112 Å². The number of carboxylic acids is 1. The van der Waals surface area contributed by atoms with Crippen LogP contribution in [0.25, 0.3) is 0 Å². The zero-order chi connectivity index (χ0) is 14.0. The number of hydrogen-bond acceptors (Lipinski definition) is 3. The molecule has 19 heavy (non-hydrogen) atoms. The van der Waals surface area contributed by atoms with Crippen molar-refractivity contribution in [1.82, 2.24) is 0 Å². The van der Waals surface area contributed by atoms with Gasteiger partial charge < -0.3 is 15.7 Å². The molecular weight excluding hydrogens is 244 g/mol. The van der Waals surface area contributed by atoms with Gasteiger partial charge in [-0.1, -0.05) is 12.1 Å². The number of aliphatic carboxylic acids is 1. The van der Waals surface area contributed by atoms with Crippen molar-refractivity contribution in [2.45, 2.75) is 32.2 Å². The Balaban J connectivity index is 2.18. The fraction of sp³-hybridized carbons (Fsp3) is 0.429. The molecule has 2 rings (SSSR count). The summed E-state index contributed by atoms with van der Waals surface area (Å²) in [5.41, 5.74) is 8.93. The van der Waals surface area contributed by atoms with Crippen LogP contribution in [0, 0.1) is 0 Å². The summed E-state index contributed by atoms with van der Waals surface area (Å²) in [7, 11) is 0. The van der Waals surface area contributed by atoms with E-state index in [1.165, 1.54) is 0 Å². The standard InChI is InChI=1S/C14H18N2O3/c1-9(17)16-7-6-10-2-3-11(8-13(10)16)12(15)4-5-14(18)19/h2-3,8,12H,4-7,15H2,1H3,(H,18,19). The minimum absolute atomic E-state index is 0.0232. The number of carboxylic acid groups (broad SMARTS) is 1. The van der Waals surface area contributed by atoms with Crippen molar-refractivity contribution >= 4 is 17.6 Å². The van der Waals surface area contributed by atoms with Gasteiger partial charge in [0.1, 0.15) is 0 Å². The predicted molar refractivity (Wildman–Crippen MR) is 72.0 cm³/mol. The van der Waals surface area contributed by atoms with Crippen LogP contribution in [0.1, 0.15) is 36.9 Å². The molecule has 1 unspecified atom stereocenters. The van der Waals surface area contributed by atoms with Crippen molar-refractivity contribution in [2.75, 3.05) is 11.4 Å². The summed E-state index contributed by atoms with van der Waals surface area (Å²) in [4.78, 5) is 23.8. The van der Waals surface area contributed by atoms with E-state index >= 15 is 0 Å². The number of nitrogens with two attached hydrogens (primary N) is 1. The van der Waals surface area contributed by atoms with Gasteiger partial charge in [0.2, 0.25) is 5.91 Å². The number of amides is 1. The molecule has 3 N–H and O–H groups in total. The van der Waals surface area contributed by atoms with Gasteiger partial charge in [-0.15, -0.1) is 0 Å². The first-order chi connectivity index (χ1) is 8.99. The number of anilines is 1. The van der Waals surface area contributed by atoms with E-state index in [9.17, 15) is 9.59 Å². The molecule has 1 aliphatic rings. The summed E-state index contributed by atoms with van der Waals surface area (Å²) >= 11 is 0. The van der Waals surface area contributed by atoms with Crippen LogP contribution >= 0.6 is 0 Å². The SMILES string of the molecule is CC(=O)N1CCc2ccc(C(N)CCC(=O)O)cc21. The van der Waals surface area contributed by atoms with Gasteiger partial charge in [0.05, 0.1) is 0 Å². The normalized spacial score (nSPS) is 15.2. The summed E-state index contributed by atoms with van der Waals surface area (Å²) in [5, 5.41) is 8.67. The fourth-order valence-corrected chi connectivity index (χ4v) is 2.40. The zero-order valence-electron chi connectivity index (χ0n) is 10.9. The molecule has 5 nitrogen and oxygen atoms in total. The van der Waals surface area contributed by atoms with Crippen LogP contribution in [-0.2, 0) is 16.0 Å². The molecule has 1 heterocycles. The molecule has 1 aromatic carbocycles. The summed E-state index contributed by atoms with van der Waals surface area (Å²) in [6, 6.07) is 5.51. The first-order valence-electron chi connectivity index (χ1n) is 6.37. The van der Waals surface area contributed by atoms with Crippen LogP contribution in [0.2, 0.25) is 0 Å². The lowest BCUT2D eigenvalue weighted by molar-refractivity contribution is -0.137. The number of benzene rings is 1. The molecule has 0 fully saturated rings. The highest BCUT2D eigenvalue weighted by Crippen LogP contribution is 2.31. The molecule has 0 spiro atoms. The molecule has 0 aliphatic carbocycles. The van der Waals surface area contributed by atoms with Crippen molar-refractivity contribution in [3.8, 4) is 0 Å². The molecular formula is C14H18N2O3. The summed E-state index contributed by atoms with van der Waals surface area (Å²) in [6.07, 6.45) is 1.31. The summed E-state index contributed by atoms with van der Waals surface area (Å²) < 4.78 is 0. The van der Waals surface area contributed by atoms with E-state index in [1.807, 2.05) is 18.2 Å². The van der Waals surface area contributed by atoms with E-state index in [0.29, 0.717) is 13.0 Å². The molecule has 1 amide bonds. The Morgan fingerprint density at radius 1 is 1.47 bits per heavy atom. The second-order valence-corrected chi connectivity index (χ2v) is 4.85. The van der Waals surface area contributed by atoms with E-state index in [-0.39, 0.29) is 18.4 Å². The average Bonchev–Trinajstić information content (AvgIpc) is 2.78. The highest BCUT2D eigenvalue weighted by atomic mass is 16.4. The number of hydrogen-bond donors (Lipinski definition) is 2. The third-order valence-corrected chi connectivity index (χ3v) is 3.48. The zero-order valence-corrected chi connectivity index (χ0v) is 10.9. The largest absolute Gasteiger partial charge is 0.481 e. The molecule has 5 heteroatoms. The van der Waals surface area contributed by atoms with Crippen molar-refractivity contribution in [2.24, 2.45) is 5.73 Å². The van der Waals surface area contributed by atoms with Crippen LogP contribution in [0.3, 0.4) is 0 Å². The lowest BCUT2D eigenvalue weighted by Gasteiger charge is -2.17. The minimum atomic E-state index is -0.845. The smallest absolute Gasteiger partial charge is 0.303 e. The minimum Gasteiger partial charge on any atom is -0.481 e. The third kappa shape index (κ3) is 2.93. The molecule has 1 atom stereocenters. The van der Waals surface area contributed by atoms with Gasteiger partial charge in [0.25, 0.3) is 0 Å². The summed E-state index contributed by atoms with van der Waals surface area (Å²) in [6.45, 7) is 2.25. The van der Waals surface area contributed by atoms with Crippen LogP contribution in [-0.4, -0.2) is 23.5 Å². The van der Waals surface area contributed by atoms with Crippen molar-refractivity contribution in [1.29, 1.82) is 0 Å². The van der Waals surface area contributed by atoms with Crippen LogP contribution < -0.4 is 10.6 Å².